The van der Waals surface area contributed by atoms with E-state index in [-0.39, 0.29) is 19.5 Å². The number of rotatable bonds is 5. The van der Waals surface area contributed by atoms with Crippen molar-refractivity contribution in [1.29, 1.82) is 0 Å². The normalized spacial score (nSPS) is 9.50. The molecule has 0 bridgehead atoms. The molecular formula is C8H20O4. The van der Waals surface area contributed by atoms with Crippen molar-refractivity contribution >= 4 is 0 Å². The van der Waals surface area contributed by atoms with Crippen molar-refractivity contribution < 1.29 is 19.7 Å². The van der Waals surface area contributed by atoms with Crippen molar-refractivity contribution in [2.75, 3.05) is 26.4 Å². The van der Waals surface area contributed by atoms with Crippen LogP contribution in [0, 0.1) is 0 Å². The first-order chi connectivity index (χ1) is 5.72. The zero-order valence-corrected chi connectivity index (χ0v) is 8.12. The van der Waals surface area contributed by atoms with Crippen LogP contribution in [0.5, 0.6) is 0 Å². The van der Waals surface area contributed by atoms with E-state index in [1.165, 1.54) is 0 Å². The van der Waals surface area contributed by atoms with E-state index in [0.717, 1.165) is 13.2 Å². The third kappa shape index (κ3) is 16.4. The highest BCUT2D eigenvalue weighted by Crippen LogP contribution is 1.90. The molecule has 0 unspecified atom stereocenters. The molecule has 0 aromatic rings. The maximum Gasteiger partial charge on any atom is 0.154 e. The van der Waals surface area contributed by atoms with Gasteiger partial charge in [-0.1, -0.05) is 0 Å². The Labute approximate surface area is 74.1 Å². The van der Waals surface area contributed by atoms with Gasteiger partial charge in [0.15, 0.2) is 6.29 Å². The number of ether oxygens (including phenoxy) is 2. The SMILES string of the molecule is CCOC(C)OCC.OCCO. The van der Waals surface area contributed by atoms with Crippen molar-refractivity contribution in [3.63, 3.8) is 0 Å². The van der Waals surface area contributed by atoms with Crippen LogP contribution >= 0.6 is 0 Å². The van der Waals surface area contributed by atoms with E-state index in [1.54, 1.807) is 0 Å². The summed E-state index contributed by atoms with van der Waals surface area (Å²) in [7, 11) is 0. The zero-order chi connectivity index (χ0) is 9.82. The van der Waals surface area contributed by atoms with Gasteiger partial charge < -0.3 is 19.7 Å². The summed E-state index contributed by atoms with van der Waals surface area (Å²) in [5.41, 5.74) is 0. The first-order valence-electron chi connectivity index (χ1n) is 4.17. The van der Waals surface area contributed by atoms with Gasteiger partial charge in [-0.3, -0.25) is 0 Å². The Kier molecular flexibility index (Phi) is 16.1. The van der Waals surface area contributed by atoms with Crippen molar-refractivity contribution in [1.82, 2.24) is 0 Å². The number of hydrogen-bond donors (Lipinski definition) is 2. The third-order valence-electron chi connectivity index (χ3n) is 0.903. The zero-order valence-electron chi connectivity index (χ0n) is 8.12. The Morgan fingerprint density at radius 2 is 1.33 bits per heavy atom. The maximum atomic E-state index is 7.62. The van der Waals surface area contributed by atoms with Gasteiger partial charge in [-0.2, -0.15) is 0 Å². The van der Waals surface area contributed by atoms with Gasteiger partial charge in [0, 0.05) is 13.2 Å². The van der Waals surface area contributed by atoms with Crippen LogP contribution in [0.15, 0.2) is 0 Å². The molecule has 2 N–H and O–H groups in total. The molecule has 0 radical (unpaired) electrons. The molecule has 76 valence electrons. The van der Waals surface area contributed by atoms with Crippen molar-refractivity contribution in [2.45, 2.75) is 27.1 Å². The summed E-state index contributed by atoms with van der Waals surface area (Å²) >= 11 is 0. The van der Waals surface area contributed by atoms with E-state index in [1.807, 2.05) is 20.8 Å². The molecule has 0 saturated heterocycles. The van der Waals surface area contributed by atoms with Crippen LogP contribution in [-0.4, -0.2) is 42.9 Å². The lowest BCUT2D eigenvalue weighted by atomic mass is 10.7. The monoisotopic (exact) mass is 180 g/mol. The second-order valence-corrected chi connectivity index (χ2v) is 1.93. The number of aliphatic hydroxyl groups excluding tert-OH is 2. The second kappa shape index (κ2) is 13.4. The smallest absolute Gasteiger partial charge is 0.154 e. The Morgan fingerprint density at radius 3 is 1.50 bits per heavy atom. The Bertz CT molecular complexity index is 60.1. The molecule has 0 fully saturated rings. The lowest BCUT2D eigenvalue weighted by molar-refractivity contribution is -0.123. The van der Waals surface area contributed by atoms with Crippen LogP contribution in [0.25, 0.3) is 0 Å². The van der Waals surface area contributed by atoms with Gasteiger partial charge in [-0.25, -0.2) is 0 Å². The topological polar surface area (TPSA) is 58.9 Å². The van der Waals surface area contributed by atoms with Crippen molar-refractivity contribution in [3.8, 4) is 0 Å². The lowest BCUT2D eigenvalue weighted by Gasteiger charge is -2.09. The van der Waals surface area contributed by atoms with Crippen LogP contribution in [-0.2, 0) is 9.47 Å². The first-order valence-corrected chi connectivity index (χ1v) is 4.17. The average Bonchev–Trinajstić information content (AvgIpc) is 2.06. The summed E-state index contributed by atoms with van der Waals surface area (Å²) in [4.78, 5) is 0. The molecule has 0 aliphatic carbocycles. The van der Waals surface area contributed by atoms with Gasteiger partial charge in [0.1, 0.15) is 0 Å². The molecule has 0 heterocycles. The van der Waals surface area contributed by atoms with E-state index >= 15 is 0 Å². The van der Waals surface area contributed by atoms with Crippen LogP contribution in [0.2, 0.25) is 0 Å². The Hall–Kier alpha value is -0.160. The van der Waals surface area contributed by atoms with E-state index < -0.39 is 0 Å². The second-order valence-electron chi connectivity index (χ2n) is 1.93. The first kappa shape index (κ1) is 14.4. The molecule has 0 aliphatic heterocycles. The molecule has 0 aliphatic rings. The predicted octanol–water partition coefficient (Wildman–Crippen LogP) is 0.376. The van der Waals surface area contributed by atoms with Crippen molar-refractivity contribution in [3.05, 3.63) is 0 Å². The standard InChI is InChI=1S/C6H14O2.C2H6O2/c1-4-7-6(3)8-5-2;3-1-2-4/h6H,4-5H2,1-3H3;3-4H,1-2H2. The van der Waals surface area contributed by atoms with E-state index in [2.05, 4.69) is 0 Å². The van der Waals surface area contributed by atoms with E-state index in [4.69, 9.17) is 19.7 Å². The quantitative estimate of drug-likeness (QED) is 0.600. The van der Waals surface area contributed by atoms with Crippen LogP contribution in [0.3, 0.4) is 0 Å². The van der Waals surface area contributed by atoms with Crippen LogP contribution in [0.1, 0.15) is 20.8 Å². The fourth-order valence-corrected chi connectivity index (χ4v) is 0.518. The molecule has 0 spiro atoms. The summed E-state index contributed by atoms with van der Waals surface area (Å²) in [5, 5.41) is 15.2. The van der Waals surface area contributed by atoms with Crippen molar-refractivity contribution in [2.24, 2.45) is 0 Å². The Morgan fingerprint density at radius 1 is 1.00 bits per heavy atom. The fourth-order valence-electron chi connectivity index (χ4n) is 0.518. The van der Waals surface area contributed by atoms with Gasteiger partial charge in [0.25, 0.3) is 0 Å². The molecule has 0 aromatic carbocycles. The number of aliphatic hydroxyl groups is 2. The van der Waals surface area contributed by atoms with Gasteiger partial charge in [-0.05, 0) is 20.8 Å². The third-order valence-corrected chi connectivity index (χ3v) is 0.903. The predicted molar refractivity (Wildman–Crippen MR) is 46.9 cm³/mol. The van der Waals surface area contributed by atoms with E-state index in [0.29, 0.717) is 0 Å². The highest BCUT2D eigenvalue weighted by Gasteiger charge is 1.94. The minimum absolute atomic E-state index is 0.0370. The van der Waals surface area contributed by atoms with Gasteiger partial charge in [-0.15, -0.1) is 0 Å². The highest BCUT2D eigenvalue weighted by atomic mass is 16.7. The summed E-state index contributed by atoms with van der Waals surface area (Å²) in [6.45, 7) is 7.00. The Balaban J connectivity index is 0. The lowest BCUT2D eigenvalue weighted by Crippen LogP contribution is -2.11. The summed E-state index contributed by atoms with van der Waals surface area (Å²) in [5.74, 6) is 0. The largest absolute Gasteiger partial charge is 0.394 e. The molecule has 0 atom stereocenters. The molecular weight excluding hydrogens is 160 g/mol. The molecule has 4 heteroatoms. The minimum atomic E-state index is -0.125. The van der Waals surface area contributed by atoms with Gasteiger partial charge in [0.05, 0.1) is 13.2 Å². The molecule has 0 amide bonds. The minimum Gasteiger partial charge on any atom is -0.394 e. The van der Waals surface area contributed by atoms with Crippen LogP contribution < -0.4 is 0 Å². The maximum absolute atomic E-state index is 7.62. The number of hydrogen-bond acceptors (Lipinski definition) is 4. The molecule has 0 aromatic heterocycles. The fraction of sp³-hybridized carbons (Fsp3) is 1.00. The molecule has 4 nitrogen and oxygen atoms in total. The van der Waals surface area contributed by atoms with Gasteiger partial charge in [0.2, 0.25) is 0 Å². The highest BCUT2D eigenvalue weighted by molar-refractivity contribution is 4.26. The summed E-state index contributed by atoms with van der Waals surface area (Å²) in [6, 6.07) is 0. The van der Waals surface area contributed by atoms with E-state index in [9.17, 15) is 0 Å². The molecule has 12 heavy (non-hydrogen) atoms. The van der Waals surface area contributed by atoms with Gasteiger partial charge >= 0.3 is 0 Å². The summed E-state index contributed by atoms with van der Waals surface area (Å²) < 4.78 is 10.1. The van der Waals surface area contributed by atoms with Crippen LogP contribution in [0.4, 0.5) is 0 Å². The molecule has 0 rings (SSSR count). The average molecular weight is 180 g/mol. The summed E-state index contributed by atoms with van der Waals surface area (Å²) in [6.07, 6.45) is -0.0370. The molecule has 0 saturated carbocycles.